The average Bonchev–Trinajstić information content (AvgIpc) is 2.96. The first kappa shape index (κ1) is 18.9. The lowest BCUT2D eigenvalue weighted by Gasteiger charge is -2.33. The molecule has 3 atom stereocenters. The van der Waals surface area contributed by atoms with E-state index in [9.17, 15) is 22.4 Å². The molecule has 2 fully saturated rings. The molecule has 0 unspecified atom stereocenters. The van der Waals surface area contributed by atoms with Crippen molar-refractivity contribution in [2.75, 3.05) is 19.7 Å². The summed E-state index contributed by atoms with van der Waals surface area (Å²) in [6.07, 6.45) is -7.87. The molecule has 1 amide bonds. The zero-order valence-corrected chi connectivity index (χ0v) is 14.1. The van der Waals surface area contributed by atoms with Crippen molar-refractivity contribution in [3.8, 4) is 5.75 Å². The van der Waals surface area contributed by atoms with Gasteiger partial charge < -0.3 is 14.8 Å². The molecule has 2 saturated heterocycles. The molecule has 0 bridgehead atoms. The second kappa shape index (κ2) is 7.40. The van der Waals surface area contributed by atoms with Gasteiger partial charge in [0.15, 0.2) is 0 Å². The molecule has 0 spiro atoms. The van der Waals surface area contributed by atoms with Gasteiger partial charge >= 0.3 is 12.5 Å². The first-order valence-electron chi connectivity index (χ1n) is 8.37. The van der Waals surface area contributed by atoms with Crippen LogP contribution in [0.2, 0.25) is 0 Å². The van der Waals surface area contributed by atoms with Gasteiger partial charge in [0.05, 0.1) is 18.3 Å². The summed E-state index contributed by atoms with van der Waals surface area (Å²) in [5.74, 6) is -1.22. The van der Waals surface area contributed by atoms with Crippen molar-refractivity contribution >= 4 is 5.91 Å². The summed E-state index contributed by atoms with van der Waals surface area (Å²) in [7, 11) is 0. The molecule has 0 saturated carbocycles. The summed E-state index contributed by atoms with van der Waals surface area (Å²) >= 11 is 0. The number of amides is 1. The number of carbonyl (C=O) groups is 1. The fraction of sp³-hybridized carbons (Fsp3) is 0.588. The number of halogens is 4. The lowest BCUT2D eigenvalue weighted by atomic mass is 10.1. The quantitative estimate of drug-likeness (QED) is 0.803. The van der Waals surface area contributed by atoms with Crippen LogP contribution in [0.4, 0.5) is 17.6 Å². The van der Waals surface area contributed by atoms with Crippen LogP contribution in [0, 0.1) is 0 Å². The Morgan fingerprint density at radius 3 is 2.81 bits per heavy atom. The number of para-hydroxylation sites is 1. The van der Waals surface area contributed by atoms with Crippen molar-refractivity contribution < 1.29 is 31.8 Å². The fourth-order valence-electron chi connectivity index (χ4n) is 3.34. The van der Waals surface area contributed by atoms with Crippen LogP contribution in [0.25, 0.3) is 0 Å². The van der Waals surface area contributed by atoms with Crippen molar-refractivity contribution in [3.63, 3.8) is 0 Å². The third kappa shape index (κ3) is 4.09. The number of ether oxygens (including phenoxy) is 2. The number of morpholine rings is 1. The molecule has 0 radical (unpaired) electrons. The summed E-state index contributed by atoms with van der Waals surface area (Å²) in [5, 5.41) is 2.77. The molecule has 1 N–H and O–H groups in total. The Kier molecular flexibility index (Phi) is 5.38. The van der Waals surface area contributed by atoms with E-state index in [1.165, 1.54) is 18.2 Å². The molecule has 2 aliphatic heterocycles. The largest absolute Gasteiger partial charge is 0.461 e. The number of hydrogen-bond donors (Lipinski definition) is 1. The van der Waals surface area contributed by atoms with Gasteiger partial charge in [-0.3, -0.25) is 9.69 Å². The van der Waals surface area contributed by atoms with Crippen molar-refractivity contribution in [1.82, 2.24) is 10.2 Å². The minimum atomic E-state index is -4.67. The molecule has 26 heavy (non-hydrogen) atoms. The highest BCUT2D eigenvalue weighted by atomic mass is 19.3. The fourth-order valence-corrected chi connectivity index (χ4v) is 3.34. The molecule has 0 aromatic heterocycles. The normalized spacial score (nSPS) is 26.6. The van der Waals surface area contributed by atoms with Crippen LogP contribution in [-0.2, 0) is 4.74 Å². The predicted octanol–water partition coefficient (Wildman–Crippen LogP) is 2.51. The van der Waals surface area contributed by atoms with E-state index in [1.54, 1.807) is 0 Å². The van der Waals surface area contributed by atoms with E-state index >= 15 is 0 Å². The Morgan fingerprint density at radius 2 is 2.08 bits per heavy atom. The summed E-state index contributed by atoms with van der Waals surface area (Å²) in [6.45, 7) is 3.93. The van der Waals surface area contributed by atoms with E-state index in [4.69, 9.17) is 4.74 Å². The van der Waals surface area contributed by atoms with E-state index in [-0.39, 0.29) is 23.8 Å². The van der Waals surface area contributed by atoms with Gasteiger partial charge in [-0.25, -0.2) is 0 Å². The van der Waals surface area contributed by atoms with Gasteiger partial charge in [-0.2, -0.15) is 17.6 Å². The third-order valence-electron chi connectivity index (χ3n) is 4.56. The number of nitrogens with zero attached hydrogens (tertiary/aromatic N) is 1. The maximum absolute atomic E-state index is 13.2. The molecule has 1 aromatic rings. The van der Waals surface area contributed by atoms with Crippen LogP contribution in [0.3, 0.4) is 0 Å². The Bertz CT molecular complexity index is 659. The van der Waals surface area contributed by atoms with Gasteiger partial charge in [-0.05, 0) is 25.5 Å². The highest BCUT2D eigenvalue weighted by Gasteiger charge is 2.45. The number of hydrogen-bond acceptors (Lipinski definition) is 4. The summed E-state index contributed by atoms with van der Waals surface area (Å²) in [6, 6.07) is 5.15. The molecule has 2 aliphatic rings. The Morgan fingerprint density at radius 1 is 1.35 bits per heavy atom. The molecule has 144 valence electrons. The Balaban J connectivity index is 1.67. The van der Waals surface area contributed by atoms with Crippen LogP contribution in [0.1, 0.15) is 23.7 Å². The van der Waals surface area contributed by atoms with Crippen molar-refractivity contribution in [2.45, 2.75) is 44.1 Å². The highest BCUT2D eigenvalue weighted by molar-refractivity contribution is 5.97. The first-order chi connectivity index (χ1) is 12.3. The summed E-state index contributed by atoms with van der Waals surface area (Å²) < 4.78 is 60.8. The number of benzene rings is 1. The molecule has 0 aliphatic carbocycles. The molecular formula is C17H20F4N2O3. The van der Waals surface area contributed by atoms with Gasteiger partial charge in [-0.1, -0.05) is 12.1 Å². The third-order valence-corrected chi connectivity index (χ3v) is 4.56. The van der Waals surface area contributed by atoms with Gasteiger partial charge in [-0.15, -0.1) is 0 Å². The lowest BCUT2D eigenvalue weighted by molar-refractivity contribution is -0.253. The number of carbonyl (C=O) groups excluding carboxylic acids is 1. The van der Waals surface area contributed by atoms with Crippen LogP contribution in [-0.4, -0.2) is 61.2 Å². The molecule has 5 nitrogen and oxygen atoms in total. The average molecular weight is 376 g/mol. The maximum atomic E-state index is 13.2. The molecular weight excluding hydrogens is 356 g/mol. The Labute approximate surface area is 148 Å². The van der Waals surface area contributed by atoms with Crippen molar-refractivity contribution in [1.29, 1.82) is 0 Å². The molecule has 1 aromatic carbocycles. The number of nitrogens with one attached hydrogen (secondary N) is 1. The minimum absolute atomic E-state index is 0.117. The van der Waals surface area contributed by atoms with Crippen LogP contribution in [0.5, 0.6) is 5.75 Å². The number of alkyl halides is 4. The Hall–Kier alpha value is -1.87. The topological polar surface area (TPSA) is 50.8 Å². The summed E-state index contributed by atoms with van der Waals surface area (Å²) in [4.78, 5) is 14.7. The summed E-state index contributed by atoms with van der Waals surface area (Å²) in [5.41, 5.74) is -0.206. The monoisotopic (exact) mass is 376 g/mol. The zero-order chi connectivity index (χ0) is 18.9. The minimum Gasteiger partial charge on any atom is -0.427 e. The van der Waals surface area contributed by atoms with Gasteiger partial charge in [0.1, 0.15) is 5.75 Å². The van der Waals surface area contributed by atoms with E-state index in [0.717, 1.165) is 12.6 Å². The number of rotatable bonds is 5. The highest BCUT2D eigenvalue weighted by Crippen LogP contribution is 2.30. The van der Waals surface area contributed by atoms with Gasteiger partial charge in [0, 0.05) is 25.2 Å². The molecule has 2 heterocycles. The van der Waals surface area contributed by atoms with Crippen molar-refractivity contribution in [2.24, 2.45) is 0 Å². The standard InChI is InChI=1S/C17H20F4N2O3/c1-10-7-23-8-11(6-12(23)9-25-10)22-15(24)13-4-2-3-5-14(13)26-17(20,21)16(18)19/h2-5,10-12,16H,6-9H2,1H3,(H,22,24)/t10-,11+,12+/m1/s1. The second-order valence-corrected chi connectivity index (χ2v) is 6.62. The van der Waals surface area contributed by atoms with E-state index in [2.05, 4.69) is 15.0 Å². The lowest BCUT2D eigenvalue weighted by Crippen LogP contribution is -2.45. The SMILES string of the molecule is C[C@@H]1CN2C[C@@H](NC(=O)c3ccccc3OC(F)(F)C(F)F)C[C@H]2CO1. The van der Waals surface area contributed by atoms with Gasteiger partial charge in [0.2, 0.25) is 0 Å². The molecule has 3 rings (SSSR count). The second-order valence-electron chi connectivity index (χ2n) is 6.62. The smallest absolute Gasteiger partial charge is 0.427 e. The zero-order valence-electron chi connectivity index (χ0n) is 14.1. The van der Waals surface area contributed by atoms with Gasteiger partial charge in [0.25, 0.3) is 5.91 Å². The van der Waals surface area contributed by atoms with E-state index in [0.29, 0.717) is 19.6 Å². The van der Waals surface area contributed by atoms with Crippen LogP contribution >= 0.6 is 0 Å². The first-order valence-corrected chi connectivity index (χ1v) is 8.37. The van der Waals surface area contributed by atoms with E-state index in [1.807, 2.05) is 6.92 Å². The maximum Gasteiger partial charge on any atom is 0.461 e. The van der Waals surface area contributed by atoms with E-state index < -0.39 is 24.2 Å². The predicted molar refractivity (Wildman–Crippen MR) is 84.7 cm³/mol. The van der Waals surface area contributed by atoms with Crippen molar-refractivity contribution in [3.05, 3.63) is 29.8 Å². The molecule has 9 heteroatoms. The van der Waals surface area contributed by atoms with Crippen LogP contribution in [0.15, 0.2) is 24.3 Å². The number of fused-ring (bicyclic) bond motifs is 1. The van der Waals surface area contributed by atoms with Crippen LogP contribution < -0.4 is 10.1 Å².